The highest BCUT2D eigenvalue weighted by Gasteiger charge is 2.14. The molecule has 2 heterocycles. The van der Waals surface area contributed by atoms with Crippen LogP contribution in [0.4, 0.5) is 5.82 Å². The third-order valence-electron chi connectivity index (χ3n) is 5.23. The first-order valence-corrected chi connectivity index (χ1v) is 10.3. The van der Waals surface area contributed by atoms with Crippen molar-refractivity contribution in [2.75, 3.05) is 31.7 Å². The van der Waals surface area contributed by atoms with Gasteiger partial charge in [-0.15, -0.1) is 0 Å². The van der Waals surface area contributed by atoms with Crippen molar-refractivity contribution in [1.82, 2.24) is 15.0 Å². The lowest BCUT2D eigenvalue weighted by Gasteiger charge is -2.21. The average molecular weight is 402 g/mol. The van der Waals surface area contributed by atoms with Crippen LogP contribution in [0.3, 0.4) is 0 Å². The molecular weight excluding hydrogens is 376 g/mol. The van der Waals surface area contributed by atoms with Crippen molar-refractivity contribution in [2.24, 2.45) is 0 Å². The molecule has 0 saturated heterocycles. The van der Waals surface area contributed by atoms with Crippen molar-refractivity contribution in [3.63, 3.8) is 0 Å². The molecule has 2 aromatic carbocycles. The van der Waals surface area contributed by atoms with E-state index in [0.717, 1.165) is 46.4 Å². The summed E-state index contributed by atoms with van der Waals surface area (Å²) in [4.78, 5) is 15.9. The van der Waals surface area contributed by atoms with Crippen LogP contribution >= 0.6 is 0 Å². The highest BCUT2D eigenvalue weighted by atomic mass is 16.5. The zero-order chi connectivity index (χ0) is 20.9. The predicted octanol–water partition coefficient (Wildman–Crippen LogP) is 4.65. The van der Waals surface area contributed by atoms with Crippen LogP contribution in [0.25, 0.3) is 21.8 Å². The molecule has 0 aliphatic heterocycles. The van der Waals surface area contributed by atoms with Gasteiger partial charge in [-0.2, -0.15) is 0 Å². The van der Waals surface area contributed by atoms with E-state index in [1.807, 2.05) is 30.3 Å². The summed E-state index contributed by atoms with van der Waals surface area (Å²) in [5.41, 5.74) is 2.84. The monoisotopic (exact) mass is 402 g/mol. The van der Waals surface area contributed by atoms with Crippen LogP contribution in [-0.4, -0.2) is 41.8 Å². The van der Waals surface area contributed by atoms with Gasteiger partial charge in [0.1, 0.15) is 12.1 Å². The van der Waals surface area contributed by atoms with Gasteiger partial charge in [-0.1, -0.05) is 24.3 Å². The van der Waals surface area contributed by atoms with Crippen LogP contribution in [0.5, 0.6) is 11.5 Å². The SMILES string of the molecule is CCN(CC)c1ncnc2cc(OC)c(OCCc3ccc4ccccc4n3)cc12. The van der Waals surface area contributed by atoms with Gasteiger partial charge in [0.2, 0.25) is 0 Å². The van der Waals surface area contributed by atoms with Gasteiger partial charge in [0, 0.05) is 42.0 Å². The molecule has 6 nitrogen and oxygen atoms in total. The number of nitrogens with zero attached hydrogens (tertiary/aromatic N) is 4. The molecule has 2 aromatic heterocycles. The Morgan fingerprint density at radius 2 is 1.73 bits per heavy atom. The summed E-state index contributed by atoms with van der Waals surface area (Å²) in [5.74, 6) is 2.26. The minimum absolute atomic E-state index is 0.501. The lowest BCUT2D eigenvalue weighted by atomic mass is 10.2. The molecular formula is C24H26N4O2. The number of anilines is 1. The molecule has 0 unspecified atom stereocenters. The zero-order valence-electron chi connectivity index (χ0n) is 17.6. The number of aromatic nitrogens is 3. The molecule has 0 aliphatic rings. The maximum absolute atomic E-state index is 6.12. The van der Waals surface area contributed by atoms with E-state index in [9.17, 15) is 0 Å². The minimum atomic E-state index is 0.501. The van der Waals surface area contributed by atoms with Gasteiger partial charge >= 0.3 is 0 Å². The van der Waals surface area contributed by atoms with E-state index < -0.39 is 0 Å². The lowest BCUT2D eigenvalue weighted by Crippen LogP contribution is -2.23. The average Bonchev–Trinajstić information content (AvgIpc) is 2.79. The third kappa shape index (κ3) is 3.99. The number of ether oxygens (including phenoxy) is 2. The summed E-state index contributed by atoms with van der Waals surface area (Å²) in [7, 11) is 1.64. The fraction of sp³-hybridized carbons (Fsp3) is 0.292. The fourth-order valence-electron chi connectivity index (χ4n) is 3.61. The molecule has 154 valence electrons. The first kappa shape index (κ1) is 19.9. The summed E-state index contributed by atoms with van der Waals surface area (Å²) >= 11 is 0. The maximum Gasteiger partial charge on any atom is 0.162 e. The number of benzene rings is 2. The Morgan fingerprint density at radius 3 is 2.53 bits per heavy atom. The van der Waals surface area contributed by atoms with Crippen molar-refractivity contribution < 1.29 is 9.47 Å². The molecule has 4 aromatic rings. The van der Waals surface area contributed by atoms with Gasteiger partial charge in [0.25, 0.3) is 0 Å². The maximum atomic E-state index is 6.12. The molecule has 0 atom stereocenters. The topological polar surface area (TPSA) is 60.4 Å². The normalized spacial score (nSPS) is 11.0. The van der Waals surface area contributed by atoms with E-state index >= 15 is 0 Å². The van der Waals surface area contributed by atoms with Crippen LogP contribution in [0.1, 0.15) is 19.5 Å². The van der Waals surface area contributed by atoms with Crippen LogP contribution < -0.4 is 14.4 Å². The second-order valence-electron chi connectivity index (χ2n) is 6.98. The summed E-state index contributed by atoms with van der Waals surface area (Å²) in [6.45, 7) is 6.49. The summed E-state index contributed by atoms with van der Waals surface area (Å²) in [6.07, 6.45) is 2.31. The van der Waals surface area contributed by atoms with Crippen LogP contribution in [0.15, 0.2) is 54.9 Å². The van der Waals surface area contributed by atoms with Gasteiger partial charge in [-0.05, 0) is 32.0 Å². The Bertz CT molecular complexity index is 1160. The van der Waals surface area contributed by atoms with Crippen molar-refractivity contribution in [2.45, 2.75) is 20.3 Å². The van der Waals surface area contributed by atoms with Gasteiger partial charge in [0.05, 0.1) is 24.8 Å². The molecule has 0 radical (unpaired) electrons. The van der Waals surface area contributed by atoms with E-state index in [2.05, 4.69) is 46.9 Å². The zero-order valence-corrected chi connectivity index (χ0v) is 17.6. The molecule has 30 heavy (non-hydrogen) atoms. The molecule has 0 fully saturated rings. The van der Waals surface area contributed by atoms with Crippen LogP contribution in [0, 0.1) is 0 Å². The Hall–Kier alpha value is -3.41. The standard InChI is InChI=1S/C24H26N4O2/c1-4-28(5-2)24-19-14-23(22(29-3)15-21(19)25-16-26-24)30-13-12-18-11-10-17-8-6-7-9-20(17)27-18/h6-11,14-16H,4-5,12-13H2,1-3H3. The van der Waals surface area contributed by atoms with E-state index in [1.54, 1.807) is 13.4 Å². The minimum Gasteiger partial charge on any atom is -0.493 e. The molecule has 0 aliphatic carbocycles. The Labute approximate surface area is 176 Å². The second-order valence-corrected chi connectivity index (χ2v) is 6.98. The summed E-state index contributed by atoms with van der Waals surface area (Å²) in [6, 6.07) is 16.2. The molecule has 6 heteroatoms. The number of methoxy groups -OCH3 is 1. The van der Waals surface area contributed by atoms with Crippen LogP contribution in [-0.2, 0) is 6.42 Å². The smallest absolute Gasteiger partial charge is 0.162 e. The number of pyridine rings is 1. The van der Waals surface area contributed by atoms with E-state index in [-0.39, 0.29) is 0 Å². The van der Waals surface area contributed by atoms with Gasteiger partial charge in [-0.3, -0.25) is 4.98 Å². The Morgan fingerprint density at radius 1 is 0.900 bits per heavy atom. The van der Waals surface area contributed by atoms with E-state index in [1.165, 1.54) is 0 Å². The van der Waals surface area contributed by atoms with Gasteiger partial charge in [0.15, 0.2) is 11.5 Å². The summed E-state index contributed by atoms with van der Waals surface area (Å²) in [5, 5.41) is 2.10. The van der Waals surface area contributed by atoms with Crippen LogP contribution in [0.2, 0.25) is 0 Å². The summed E-state index contributed by atoms with van der Waals surface area (Å²) < 4.78 is 11.7. The lowest BCUT2D eigenvalue weighted by molar-refractivity contribution is 0.297. The van der Waals surface area contributed by atoms with Crippen molar-refractivity contribution in [3.05, 3.63) is 60.6 Å². The molecule has 0 saturated carbocycles. The fourth-order valence-corrected chi connectivity index (χ4v) is 3.61. The number of para-hydroxylation sites is 1. The highest BCUT2D eigenvalue weighted by molar-refractivity contribution is 5.92. The molecule has 4 rings (SSSR count). The Kier molecular flexibility index (Phi) is 5.93. The number of fused-ring (bicyclic) bond motifs is 2. The van der Waals surface area contributed by atoms with Gasteiger partial charge < -0.3 is 14.4 Å². The quantitative estimate of drug-likeness (QED) is 0.427. The number of rotatable bonds is 8. The number of hydrogen-bond acceptors (Lipinski definition) is 6. The number of hydrogen-bond donors (Lipinski definition) is 0. The highest BCUT2D eigenvalue weighted by Crippen LogP contribution is 2.35. The van der Waals surface area contributed by atoms with Crippen molar-refractivity contribution in [3.8, 4) is 11.5 Å². The molecule has 0 N–H and O–H groups in total. The first-order chi connectivity index (χ1) is 14.7. The van der Waals surface area contributed by atoms with Gasteiger partial charge in [-0.25, -0.2) is 9.97 Å². The third-order valence-corrected chi connectivity index (χ3v) is 5.23. The van der Waals surface area contributed by atoms with E-state index in [0.29, 0.717) is 24.5 Å². The molecule has 0 spiro atoms. The molecule has 0 amide bonds. The van der Waals surface area contributed by atoms with Crippen molar-refractivity contribution >= 4 is 27.6 Å². The predicted molar refractivity (Wildman–Crippen MR) is 121 cm³/mol. The molecule has 0 bridgehead atoms. The Balaban J connectivity index is 1.58. The largest absolute Gasteiger partial charge is 0.493 e. The first-order valence-electron chi connectivity index (χ1n) is 10.3. The van der Waals surface area contributed by atoms with E-state index in [4.69, 9.17) is 14.5 Å². The van der Waals surface area contributed by atoms with Crippen molar-refractivity contribution in [1.29, 1.82) is 0 Å². The second kappa shape index (κ2) is 8.95.